The predicted octanol–water partition coefficient (Wildman–Crippen LogP) is 1.96. The second kappa shape index (κ2) is 5.00. The molecule has 0 spiro atoms. The fourth-order valence-electron chi connectivity index (χ4n) is 3.32. The van der Waals surface area contributed by atoms with Gasteiger partial charge in [0.15, 0.2) is 5.69 Å². The molecule has 108 valence electrons. The van der Waals surface area contributed by atoms with Gasteiger partial charge in [-0.2, -0.15) is 0 Å². The molecule has 2 aromatic rings. The van der Waals surface area contributed by atoms with E-state index in [2.05, 4.69) is 15.6 Å². The van der Waals surface area contributed by atoms with Crippen LogP contribution in [0.15, 0.2) is 41.0 Å². The van der Waals surface area contributed by atoms with Crippen molar-refractivity contribution in [1.82, 2.24) is 15.6 Å². The fourth-order valence-corrected chi connectivity index (χ4v) is 3.32. The van der Waals surface area contributed by atoms with E-state index in [0.717, 1.165) is 18.4 Å². The fraction of sp³-hybridized carbons (Fsp3) is 0.375. The predicted molar refractivity (Wildman–Crippen MR) is 77.8 cm³/mol. The van der Waals surface area contributed by atoms with Gasteiger partial charge in [-0.05, 0) is 31.4 Å². The van der Waals surface area contributed by atoms with Gasteiger partial charge in [-0.25, -0.2) is 4.98 Å². The third-order valence-electron chi connectivity index (χ3n) is 4.37. The summed E-state index contributed by atoms with van der Waals surface area (Å²) in [5.41, 5.74) is 1.22. The topological polar surface area (TPSA) is 67.2 Å². The number of aromatic nitrogens is 1. The number of amides is 1. The number of carbonyl (C=O) groups excluding carboxylic acids is 1. The van der Waals surface area contributed by atoms with Crippen molar-refractivity contribution in [2.24, 2.45) is 0 Å². The smallest absolute Gasteiger partial charge is 0.273 e. The third kappa shape index (κ3) is 2.34. The average molecular weight is 283 g/mol. The minimum absolute atomic E-state index is 0.153. The number of benzene rings is 1. The second-order valence-corrected chi connectivity index (χ2v) is 5.77. The molecule has 3 atom stereocenters. The number of hydrogen-bond acceptors (Lipinski definition) is 4. The van der Waals surface area contributed by atoms with E-state index in [1.807, 2.05) is 30.3 Å². The maximum absolute atomic E-state index is 12.3. The zero-order valence-electron chi connectivity index (χ0n) is 11.6. The zero-order valence-corrected chi connectivity index (χ0v) is 11.6. The molecule has 2 N–H and O–H groups in total. The van der Waals surface area contributed by atoms with Gasteiger partial charge in [0.25, 0.3) is 5.91 Å². The molecule has 5 nitrogen and oxygen atoms in total. The molecule has 2 saturated heterocycles. The van der Waals surface area contributed by atoms with Crippen LogP contribution in [0, 0.1) is 0 Å². The van der Waals surface area contributed by atoms with Crippen LogP contribution in [0.1, 0.15) is 29.8 Å². The summed E-state index contributed by atoms with van der Waals surface area (Å²) in [5, 5.41) is 6.57. The number of rotatable bonds is 3. The van der Waals surface area contributed by atoms with Crippen molar-refractivity contribution in [3.8, 4) is 11.5 Å². The normalized spacial score (nSPS) is 27.0. The SMILES string of the molecule is O=C(NC1CC2CCC1N2)c1coc(-c2ccccc2)n1. The molecule has 0 radical (unpaired) electrons. The number of hydrogen-bond donors (Lipinski definition) is 2. The summed E-state index contributed by atoms with van der Waals surface area (Å²) < 4.78 is 5.41. The van der Waals surface area contributed by atoms with Gasteiger partial charge in [0, 0.05) is 23.7 Å². The monoisotopic (exact) mass is 283 g/mol. The highest BCUT2D eigenvalue weighted by Crippen LogP contribution is 2.28. The first-order valence-corrected chi connectivity index (χ1v) is 7.37. The minimum Gasteiger partial charge on any atom is -0.444 e. The van der Waals surface area contributed by atoms with Crippen LogP contribution in [0.3, 0.4) is 0 Å². The first-order valence-electron chi connectivity index (χ1n) is 7.37. The molecule has 1 aromatic heterocycles. The Morgan fingerprint density at radius 2 is 2.14 bits per heavy atom. The van der Waals surface area contributed by atoms with Crippen LogP contribution in [-0.4, -0.2) is 29.0 Å². The highest BCUT2D eigenvalue weighted by Gasteiger charge is 2.39. The lowest BCUT2D eigenvalue weighted by Gasteiger charge is -2.20. The summed E-state index contributed by atoms with van der Waals surface area (Å²) in [6, 6.07) is 10.8. The van der Waals surface area contributed by atoms with Crippen LogP contribution in [0.25, 0.3) is 11.5 Å². The summed E-state index contributed by atoms with van der Waals surface area (Å²) >= 11 is 0. The van der Waals surface area contributed by atoms with Crippen LogP contribution in [0.5, 0.6) is 0 Å². The number of carbonyl (C=O) groups is 1. The summed E-state index contributed by atoms with van der Waals surface area (Å²) in [6.45, 7) is 0. The summed E-state index contributed by atoms with van der Waals surface area (Å²) in [6.07, 6.45) is 4.81. The molecule has 2 bridgehead atoms. The number of nitrogens with one attached hydrogen (secondary N) is 2. The molecule has 0 aliphatic carbocycles. The van der Waals surface area contributed by atoms with E-state index in [-0.39, 0.29) is 11.9 Å². The van der Waals surface area contributed by atoms with Gasteiger partial charge in [0.05, 0.1) is 0 Å². The molecule has 1 amide bonds. The first kappa shape index (κ1) is 12.6. The molecule has 2 aliphatic heterocycles. The van der Waals surface area contributed by atoms with E-state index in [9.17, 15) is 4.79 Å². The largest absolute Gasteiger partial charge is 0.444 e. The molecule has 1 aromatic carbocycles. The molecule has 5 heteroatoms. The van der Waals surface area contributed by atoms with Crippen molar-refractivity contribution in [3.63, 3.8) is 0 Å². The van der Waals surface area contributed by atoms with Gasteiger partial charge in [-0.1, -0.05) is 18.2 Å². The van der Waals surface area contributed by atoms with Crippen molar-refractivity contribution in [2.75, 3.05) is 0 Å². The van der Waals surface area contributed by atoms with Crippen molar-refractivity contribution < 1.29 is 9.21 Å². The maximum Gasteiger partial charge on any atom is 0.273 e. The van der Waals surface area contributed by atoms with Gasteiger partial charge in [-0.3, -0.25) is 4.79 Å². The Hall–Kier alpha value is -2.14. The van der Waals surface area contributed by atoms with Crippen molar-refractivity contribution in [2.45, 2.75) is 37.4 Å². The Labute approximate surface area is 122 Å². The van der Waals surface area contributed by atoms with Crippen LogP contribution in [-0.2, 0) is 0 Å². The molecule has 2 fully saturated rings. The van der Waals surface area contributed by atoms with E-state index in [1.165, 1.54) is 12.7 Å². The molecule has 21 heavy (non-hydrogen) atoms. The summed E-state index contributed by atoms with van der Waals surface area (Å²) in [7, 11) is 0. The lowest BCUT2D eigenvalue weighted by atomic mass is 9.95. The standard InChI is InChI=1S/C16H17N3O2/c20-15(18-13-8-11-6-7-12(13)17-11)14-9-21-16(19-14)10-4-2-1-3-5-10/h1-5,9,11-13,17H,6-8H2,(H,18,20). The van der Waals surface area contributed by atoms with E-state index in [1.54, 1.807) is 0 Å². The van der Waals surface area contributed by atoms with E-state index in [4.69, 9.17) is 4.42 Å². The lowest BCUT2D eigenvalue weighted by Crippen LogP contribution is -2.43. The highest BCUT2D eigenvalue weighted by atomic mass is 16.3. The minimum atomic E-state index is -0.153. The molecule has 0 saturated carbocycles. The Balaban J connectivity index is 1.47. The van der Waals surface area contributed by atoms with Gasteiger partial charge >= 0.3 is 0 Å². The van der Waals surface area contributed by atoms with E-state index < -0.39 is 0 Å². The molecular weight excluding hydrogens is 266 g/mol. The highest BCUT2D eigenvalue weighted by molar-refractivity contribution is 5.92. The Kier molecular flexibility index (Phi) is 3.00. The first-order chi connectivity index (χ1) is 10.3. The van der Waals surface area contributed by atoms with Gasteiger partial charge in [0.1, 0.15) is 6.26 Å². The third-order valence-corrected chi connectivity index (χ3v) is 4.37. The second-order valence-electron chi connectivity index (χ2n) is 5.77. The summed E-state index contributed by atoms with van der Waals surface area (Å²) in [5.74, 6) is 0.326. The van der Waals surface area contributed by atoms with Gasteiger partial charge < -0.3 is 15.1 Å². The van der Waals surface area contributed by atoms with E-state index in [0.29, 0.717) is 23.7 Å². The van der Waals surface area contributed by atoms with Crippen LogP contribution < -0.4 is 10.6 Å². The molecule has 4 rings (SSSR count). The van der Waals surface area contributed by atoms with Gasteiger partial charge in [0.2, 0.25) is 5.89 Å². The Bertz CT molecular complexity index is 653. The van der Waals surface area contributed by atoms with Crippen LogP contribution in [0.2, 0.25) is 0 Å². The van der Waals surface area contributed by atoms with E-state index >= 15 is 0 Å². The zero-order chi connectivity index (χ0) is 14.2. The molecule has 3 unspecified atom stereocenters. The molecular formula is C16H17N3O2. The van der Waals surface area contributed by atoms with Crippen LogP contribution in [0.4, 0.5) is 0 Å². The van der Waals surface area contributed by atoms with Gasteiger partial charge in [-0.15, -0.1) is 0 Å². The molecule has 2 aliphatic rings. The van der Waals surface area contributed by atoms with Crippen LogP contribution >= 0.6 is 0 Å². The van der Waals surface area contributed by atoms with Crippen molar-refractivity contribution in [3.05, 3.63) is 42.3 Å². The van der Waals surface area contributed by atoms with Crippen molar-refractivity contribution >= 4 is 5.91 Å². The van der Waals surface area contributed by atoms with Crippen molar-refractivity contribution in [1.29, 1.82) is 0 Å². The number of nitrogens with zero attached hydrogens (tertiary/aromatic N) is 1. The lowest BCUT2D eigenvalue weighted by molar-refractivity contribution is 0.0926. The number of oxazole rings is 1. The molecule has 3 heterocycles. The average Bonchev–Trinajstić information content (AvgIpc) is 3.24. The Morgan fingerprint density at radius 3 is 2.86 bits per heavy atom. The number of fused-ring (bicyclic) bond motifs is 2. The quantitative estimate of drug-likeness (QED) is 0.903. The maximum atomic E-state index is 12.3. The Morgan fingerprint density at radius 1 is 1.29 bits per heavy atom. The summed E-state index contributed by atoms with van der Waals surface area (Å²) in [4.78, 5) is 16.5.